The van der Waals surface area contributed by atoms with E-state index in [4.69, 9.17) is 4.52 Å². The molecule has 26 heavy (non-hydrogen) atoms. The van der Waals surface area contributed by atoms with Crippen molar-refractivity contribution in [2.24, 2.45) is 0 Å². The summed E-state index contributed by atoms with van der Waals surface area (Å²) < 4.78 is 5.10. The van der Waals surface area contributed by atoms with E-state index in [1.54, 1.807) is 6.92 Å². The second-order valence-corrected chi connectivity index (χ2v) is 7.04. The molecule has 1 aliphatic rings. The molecule has 7 nitrogen and oxygen atoms in total. The smallest absolute Gasteiger partial charge is 0.251 e. The molecule has 7 heteroatoms. The lowest BCUT2D eigenvalue weighted by molar-refractivity contribution is 0.0932. The van der Waals surface area contributed by atoms with Crippen LogP contribution < -0.4 is 10.2 Å². The molecule has 0 radical (unpaired) electrons. The fourth-order valence-electron chi connectivity index (χ4n) is 3.15. The van der Waals surface area contributed by atoms with Crippen LogP contribution in [-0.2, 0) is 0 Å². The molecule has 140 valence electrons. The predicted molar refractivity (Wildman–Crippen MR) is 100 cm³/mol. The van der Waals surface area contributed by atoms with Crippen molar-refractivity contribution in [3.63, 3.8) is 0 Å². The van der Waals surface area contributed by atoms with Gasteiger partial charge in [0.2, 0.25) is 5.89 Å². The van der Waals surface area contributed by atoms with Crippen LogP contribution >= 0.6 is 0 Å². The number of piperazine rings is 1. The van der Waals surface area contributed by atoms with Gasteiger partial charge < -0.3 is 14.7 Å². The van der Waals surface area contributed by atoms with Crippen molar-refractivity contribution >= 4 is 11.6 Å². The summed E-state index contributed by atoms with van der Waals surface area (Å²) in [7, 11) is 0. The van der Waals surface area contributed by atoms with Crippen LogP contribution in [0.4, 0.5) is 5.69 Å². The number of carbonyl (C=O) groups is 1. The maximum absolute atomic E-state index is 12.4. The first-order valence-corrected chi connectivity index (χ1v) is 9.14. The van der Waals surface area contributed by atoms with Crippen LogP contribution in [0, 0.1) is 6.92 Å². The number of aromatic nitrogens is 2. The summed E-state index contributed by atoms with van der Waals surface area (Å²) >= 11 is 0. The van der Waals surface area contributed by atoms with Gasteiger partial charge in [0.1, 0.15) is 6.04 Å². The third-order valence-electron chi connectivity index (χ3n) is 4.80. The Kier molecular flexibility index (Phi) is 5.56. The van der Waals surface area contributed by atoms with Crippen LogP contribution in [0.15, 0.2) is 28.8 Å². The minimum Gasteiger partial charge on any atom is -0.369 e. The molecule has 0 saturated carbocycles. The monoisotopic (exact) mass is 357 g/mol. The summed E-state index contributed by atoms with van der Waals surface area (Å²) in [4.78, 5) is 21.4. The molecule has 1 fully saturated rings. The molecule has 0 aliphatic carbocycles. The molecular formula is C19H27N5O2. The van der Waals surface area contributed by atoms with E-state index < -0.39 is 0 Å². The molecule has 3 rings (SSSR count). The van der Waals surface area contributed by atoms with Crippen molar-refractivity contribution in [2.45, 2.75) is 39.8 Å². The summed E-state index contributed by atoms with van der Waals surface area (Å²) in [6, 6.07) is 8.03. The van der Waals surface area contributed by atoms with Gasteiger partial charge in [0.15, 0.2) is 5.82 Å². The van der Waals surface area contributed by atoms with Gasteiger partial charge in [-0.1, -0.05) is 5.16 Å². The average molecular weight is 357 g/mol. The number of nitrogens with zero attached hydrogens (tertiary/aromatic N) is 4. The van der Waals surface area contributed by atoms with Gasteiger partial charge in [-0.3, -0.25) is 9.69 Å². The zero-order chi connectivity index (χ0) is 18.7. The summed E-state index contributed by atoms with van der Waals surface area (Å²) in [6.07, 6.45) is 0. The first-order chi connectivity index (χ1) is 12.4. The molecule has 1 atom stereocenters. The molecule has 1 N–H and O–H groups in total. The minimum absolute atomic E-state index is 0.149. The number of hydrogen-bond acceptors (Lipinski definition) is 6. The van der Waals surface area contributed by atoms with E-state index in [2.05, 4.69) is 39.1 Å². The lowest BCUT2D eigenvalue weighted by Gasteiger charge is -2.38. The second-order valence-electron chi connectivity index (χ2n) is 7.04. The van der Waals surface area contributed by atoms with Crippen molar-refractivity contribution < 1.29 is 9.32 Å². The van der Waals surface area contributed by atoms with Gasteiger partial charge in [0.05, 0.1) is 0 Å². The standard InChI is InChI=1S/C19H27N5O2/c1-13(2)23-9-11-24(12-10-23)17-7-5-16(6-8-17)18(25)20-14(3)19-21-15(4)22-26-19/h5-8,13-14H,9-12H2,1-4H3,(H,20,25). The van der Waals surface area contributed by atoms with Gasteiger partial charge in [0, 0.05) is 43.5 Å². The zero-order valence-electron chi connectivity index (χ0n) is 15.9. The van der Waals surface area contributed by atoms with Crippen LogP contribution in [0.1, 0.15) is 48.9 Å². The van der Waals surface area contributed by atoms with E-state index in [1.807, 2.05) is 31.2 Å². The third-order valence-corrected chi connectivity index (χ3v) is 4.80. The average Bonchev–Trinajstić information content (AvgIpc) is 3.08. The second kappa shape index (κ2) is 7.86. The van der Waals surface area contributed by atoms with Gasteiger partial charge in [-0.05, 0) is 52.0 Å². The molecule has 1 amide bonds. The molecule has 2 heterocycles. The molecule has 1 aliphatic heterocycles. The Morgan fingerprint density at radius 2 is 1.77 bits per heavy atom. The first-order valence-electron chi connectivity index (χ1n) is 9.14. The van der Waals surface area contributed by atoms with Crippen LogP contribution in [0.3, 0.4) is 0 Å². The number of carbonyl (C=O) groups excluding carboxylic acids is 1. The molecule has 0 spiro atoms. The number of aryl methyl sites for hydroxylation is 1. The maximum Gasteiger partial charge on any atom is 0.251 e. The fourth-order valence-corrected chi connectivity index (χ4v) is 3.15. The van der Waals surface area contributed by atoms with Crippen molar-refractivity contribution in [1.82, 2.24) is 20.4 Å². The predicted octanol–water partition coefficient (Wildman–Crippen LogP) is 2.40. The van der Waals surface area contributed by atoms with Gasteiger partial charge in [-0.2, -0.15) is 4.98 Å². The number of benzene rings is 1. The highest BCUT2D eigenvalue weighted by Crippen LogP contribution is 2.19. The number of amides is 1. The van der Waals surface area contributed by atoms with Gasteiger partial charge in [-0.15, -0.1) is 0 Å². The molecular weight excluding hydrogens is 330 g/mol. The Bertz CT molecular complexity index is 733. The number of hydrogen-bond donors (Lipinski definition) is 1. The largest absolute Gasteiger partial charge is 0.369 e. The highest BCUT2D eigenvalue weighted by molar-refractivity contribution is 5.94. The minimum atomic E-state index is -0.326. The van der Waals surface area contributed by atoms with Crippen molar-refractivity contribution in [1.29, 1.82) is 0 Å². The van der Waals surface area contributed by atoms with E-state index in [9.17, 15) is 4.79 Å². The topological polar surface area (TPSA) is 74.5 Å². The third kappa shape index (κ3) is 4.22. The molecule has 1 aromatic carbocycles. The van der Waals surface area contributed by atoms with Gasteiger partial charge >= 0.3 is 0 Å². The molecule has 0 bridgehead atoms. The van der Waals surface area contributed by atoms with Crippen LogP contribution in [0.5, 0.6) is 0 Å². The lowest BCUT2D eigenvalue weighted by Crippen LogP contribution is -2.48. The van der Waals surface area contributed by atoms with Crippen molar-refractivity contribution in [2.75, 3.05) is 31.1 Å². The van der Waals surface area contributed by atoms with Crippen LogP contribution in [0.25, 0.3) is 0 Å². The normalized spacial score (nSPS) is 16.7. The maximum atomic E-state index is 12.4. The number of nitrogens with one attached hydrogen (secondary N) is 1. The van der Waals surface area contributed by atoms with E-state index >= 15 is 0 Å². The number of rotatable bonds is 5. The summed E-state index contributed by atoms with van der Waals surface area (Å²) in [5.74, 6) is 0.822. The molecule has 1 saturated heterocycles. The fraction of sp³-hybridized carbons (Fsp3) is 0.526. The Labute approximate surface area is 154 Å². The van der Waals surface area contributed by atoms with E-state index in [1.165, 1.54) is 0 Å². The summed E-state index contributed by atoms with van der Waals surface area (Å²) in [5, 5.41) is 6.64. The zero-order valence-corrected chi connectivity index (χ0v) is 15.9. The highest BCUT2D eigenvalue weighted by atomic mass is 16.5. The van der Waals surface area contributed by atoms with Gasteiger partial charge in [0.25, 0.3) is 5.91 Å². The lowest BCUT2D eigenvalue weighted by atomic mass is 10.1. The van der Waals surface area contributed by atoms with Crippen LogP contribution in [0.2, 0.25) is 0 Å². The van der Waals surface area contributed by atoms with Crippen molar-refractivity contribution in [3.8, 4) is 0 Å². The summed E-state index contributed by atoms with van der Waals surface area (Å²) in [5.41, 5.74) is 1.78. The molecule has 1 aromatic heterocycles. The molecule has 2 aromatic rings. The van der Waals surface area contributed by atoms with Crippen molar-refractivity contribution in [3.05, 3.63) is 41.5 Å². The Morgan fingerprint density at radius 3 is 2.31 bits per heavy atom. The van der Waals surface area contributed by atoms with E-state index in [0.29, 0.717) is 23.3 Å². The Morgan fingerprint density at radius 1 is 1.12 bits per heavy atom. The quantitative estimate of drug-likeness (QED) is 0.886. The van der Waals surface area contributed by atoms with Crippen LogP contribution in [-0.4, -0.2) is 53.2 Å². The highest BCUT2D eigenvalue weighted by Gasteiger charge is 2.20. The Balaban J connectivity index is 1.58. The SMILES string of the molecule is Cc1noc(C(C)NC(=O)c2ccc(N3CCN(C(C)C)CC3)cc2)n1. The first kappa shape index (κ1) is 18.4. The summed E-state index contributed by atoms with van der Waals surface area (Å²) in [6.45, 7) is 12.2. The number of anilines is 1. The van der Waals surface area contributed by atoms with E-state index in [0.717, 1.165) is 31.9 Å². The van der Waals surface area contributed by atoms with Gasteiger partial charge in [-0.25, -0.2) is 0 Å². The molecule has 1 unspecified atom stereocenters. The van der Waals surface area contributed by atoms with E-state index in [-0.39, 0.29) is 11.9 Å². The Hall–Kier alpha value is -2.41.